The fraction of sp³-hybridized carbons (Fsp3) is 0.818. The number of hydrogen-bond donors (Lipinski definition) is 0. The van der Waals surface area contributed by atoms with Crippen molar-refractivity contribution >= 4 is 11.8 Å². The molecule has 0 rings (SSSR count). The van der Waals surface area contributed by atoms with Crippen LogP contribution in [0, 0.1) is 0 Å². The van der Waals surface area contributed by atoms with Crippen molar-refractivity contribution in [3.8, 4) is 0 Å². The molecule has 0 bridgehead atoms. The second-order valence-corrected chi connectivity index (χ2v) is 3.64. The first kappa shape index (κ1) is 14.1. The van der Waals surface area contributed by atoms with Crippen LogP contribution in [-0.4, -0.2) is 31.6 Å². The quantitative estimate of drug-likeness (QED) is 0.458. The van der Waals surface area contributed by atoms with Crippen molar-refractivity contribution in [2.75, 3.05) is 13.7 Å². The number of ether oxygens (including phenoxy) is 2. The third-order valence-corrected chi connectivity index (χ3v) is 2.04. The summed E-state index contributed by atoms with van der Waals surface area (Å²) in [6, 6.07) is 0. The van der Waals surface area contributed by atoms with E-state index in [1.54, 1.807) is 14.0 Å². The van der Waals surface area contributed by atoms with Crippen LogP contribution in [0.15, 0.2) is 0 Å². The number of carbonyl (C=O) groups excluding carboxylic acids is 2. The Balaban J connectivity index is 3.37. The van der Waals surface area contributed by atoms with E-state index < -0.39 is 0 Å². The molecule has 0 fully saturated rings. The summed E-state index contributed by atoms with van der Waals surface area (Å²) < 4.78 is 9.89. The van der Waals surface area contributed by atoms with Crippen molar-refractivity contribution in [1.82, 2.24) is 0 Å². The molecule has 1 atom stereocenters. The molecule has 0 spiro atoms. The SMILES string of the molecule is COC(C)COC(=O)CCCCC(C)=O. The predicted molar refractivity (Wildman–Crippen MR) is 56.6 cm³/mol. The molecule has 0 saturated heterocycles. The lowest BCUT2D eigenvalue weighted by Crippen LogP contribution is -2.17. The Morgan fingerprint density at radius 1 is 1.20 bits per heavy atom. The van der Waals surface area contributed by atoms with Gasteiger partial charge < -0.3 is 14.3 Å². The third kappa shape index (κ3) is 9.41. The lowest BCUT2D eigenvalue weighted by Gasteiger charge is -2.09. The number of hydrogen-bond acceptors (Lipinski definition) is 4. The molecule has 4 nitrogen and oxygen atoms in total. The van der Waals surface area contributed by atoms with Gasteiger partial charge in [0.2, 0.25) is 0 Å². The van der Waals surface area contributed by atoms with Gasteiger partial charge in [-0.1, -0.05) is 0 Å². The smallest absolute Gasteiger partial charge is 0.305 e. The summed E-state index contributed by atoms with van der Waals surface area (Å²) in [7, 11) is 1.57. The van der Waals surface area contributed by atoms with Crippen LogP contribution in [0.1, 0.15) is 39.5 Å². The van der Waals surface area contributed by atoms with E-state index >= 15 is 0 Å². The minimum absolute atomic E-state index is 0.0637. The summed E-state index contributed by atoms with van der Waals surface area (Å²) in [5, 5.41) is 0. The van der Waals surface area contributed by atoms with Gasteiger partial charge in [-0.05, 0) is 26.7 Å². The maximum atomic E-state index is 11.1. The zero-order valence-electron chi connectivity index (χ0n) is 9.75. The van der Waals surface area contributed by atoms with Crippen LogP contribution in [0.3, 0.4) is 0 Å². The predicted octanol–water partition coefficient (Wildman–Crippen LogP) is 1.71. The Morgan fingerprint density at radius 2 is 1.80 bits per heavy atom. The maximum Gasteiger partial charge on any atom is 0.305 e. The molecular formula is C11H20O4. The van der Waals surface area contributed by atoms with E-state index in [1.165, 1.54) is 0 Å². The largest absolute Gasteiger partial charge is 0.463 e. The highest BCUT2D eigenvalue weighted by Gasteiger charge is 2.06. The van der Waals surface area contributed by atoms with Crippen LogP contribution in [0.2, 0.25) is 0 Å². The van der Waals surface area contributed by atoms with E-state index in [0.29, 0.717) is 25.9 Å². The van der Waals surface area contributed by atoms with Crippen molar-refractivity contribution < 1.29 is 19.1 Å². The minimum atomic E-state index is -0.220. The van der Waals surface area contributed by atoms with Gasteiger partial charge in [0.25, 0.3) is 0 Å². The second-order valence-electron chi connectivity index (χ2n) is 3.64. The van der Waals surface area contributed by atoms with Crippen molar-refractivity contribution in [1.29, 1.82) is 0 Å². The first-order chi connectivity index (χ1) is 7.06. The molecule has 0 aliphatic carbocycles. The average molecular weight is 216 g/mol. The third-order valence-electron chi connectivity index (χ3n) is 2.04. The van der Waals surface area contributed by atoms with E-state index in [2.05, 4.69) is 0 Å². The van der Waals surface area contributed by atoms with Crippen LogP contribution in [-0.2, 0) is 19.1 Å². The van der Waals surface area contributed by atoms with Gasteiger partial charge in [0, 0.05) is 20.0 Å². The van der Waals surface area contributed by atoms with Gasteiger partial charge in [-0.2, -0.15) is 0 Å². The Kier molecular flexibility index (Phi) is 7.91. The average Bonchev–Trinajstić information content (AvgIpc) is 2.20. The molecular weight excluding hydrogens is 196 g/mol. The summed E-state index contributed by atoms with van der Waals surface area (Å²) in [5.74, 6) is -0.0566. The van der Waals surface area contributed by atoms with E-state index in [-0.39, 0.29) is 17.9 Å². The monoisotopic (exact) mass is 216 g/mol. The van der Waals surface area contributed by atoms with Gasteiger partial charge in [-0.3, -0.25) is 4.79 Å². The van der Waals surface area contributed by atoms with Gasteiger partial charge in [0.1, 0.15) is 12.4 Å². The normalized spacial score (nSPS) is 12.2. The van der Waals surface area contributed by atoms with Crippen LogP contribution in [0.5, 0.6) is 0 Å². The highest BCUT2D eigenvalue weighted by atomic mass is 16.6. The minimum Gasteiger partial charge on any atom is -0.463 e. The second kappa shape index (κ2) is 8.41. The molecule has 0 N–H and O–H groups in total. The molecule has 0 aliphatic rings. The zero-order chi connectivity index (χ0) is 11.7. The van der Waals surface area contributed by atoms with Gasteiger partial charge in [-0.15, -0.1) is 0 Å². The van der Waals surface area contributed by atoms with E-state index in [4.69, 9.17) is 9.47 Å². The first-order valence-electron chi connectivity index (χ1n) is 5.24. The Labute approximate surface area is 90.9 Å². The van der Waals surface area contributed by atoms with Crippen LogP contribution < -0.4 is 0 Å². The van der Waals surface area contributed by atoms with Gasteiger partial charge in [0.15, 0.2) is 0 Å². The van der Waals surface area contributed by atoms with Crippen LogP contribution >= 0.6 is 0 Å². The van der Waals surface area contributed by atoms with Crippen molar-refractivity contribution in [3.63, 3.8) is 0 Å². The Morgan fingerprint density at radius 3 is 2.33 bits per heavy atom. The number of Topliss-reactive ketones (excluding diaryl/α,β-unsaturated/α-hetero) is 1. The standard InChI is InChI=1S/C11H20O4/c1-9(12)6-4-5-7-11(13)15-8-10(2)14-3/h10H,4-8H2,1-3H3. The molecule has 0 radical (unpaired) electrons. The number of unbranched alkanes of at least 4 members (excludes halogenated alkanes) is 1. The van der Waals surface area contributed by atoms with Crippen molar-refractivity contribution in [3.05, 3.63) is 0 Å². The van der Waals surface area contributed by atoms with Gasteiger partial charge in [0.05, 0.1) is 6.10 Å². The molecule has 0 saturated carbocycles. The van der Waals surface area contributed by atoms with E-state index in [0.717, 1.165) is 6.42 Å². The van der Waals surface area contributed by atoms with E-state index in [9.17, 15) is 9.59 Å². The molecule has 0 aliphatic heterocycles. The molecule has 15 heavy (non-hydrogen) atoms. The van der Waals surface area contributed by atoms with Crippen LogP contribution in [0.25, 0.3) is 0 Å². The number of rotatable bonds is 8. The molecule has 1 unspecified atom stereocenters. The van der Waals surface area contributed by atoms with Crippen LogP contribution in [0.4, 0.5) is 0 Å². The fourth-order valence-electron chi connectivity index (χ4n) is 0.994. The number of carbonyl (C=O) groups is 2. The topological polar surface area (TPSA) is 52.6 Å². The summed E-state index contributed by atoms with van der Waals surface area (Å²) in [4.78, 5) is 21.8. The van der Waals surface area contributed by atoms with E-state index in [1.807, 2.05) is 6.92 Å². The number of esters is 1. The molecule has 0 heterocycles. The first-order valence-corrected chi connectivity index (χ1v) is 5.24. The van der Waals surface area contributed by atoms with Gasteiger partial charge in [-0.25, -0.2) is 0 Å². The number of ketones is 1. The van der Waals surface area contributed by atoms with Gasteiger partial charge >= 0.3 is 5.97 Å². The molecule has 0 aromatic heterocycles. The summed E-state index contributed by atoms with van der Waals surface area (Å²) >= 11 is 0. The maximum absolute atomic E-state index is 11.1. The molecule has 4 heteroatoms. The summed E-state index contributed by atoms with van der Waals surface area (Å²) in [6.07, 6.45) is 2.32. The summed E-state index contributed by atoms with van der Waals surface area (Å²) in [6.45, 7) is 3.68. The fourth-order valence-corrected chi connectivity index (χ4v) is 0.994. The summed E-state index contributed by atoms with van der Waals surface area (Å²) in [5.41, 5.74) is 0. The Hall–Kier alpha value is -0.900. The molecule has 0 aromatic carbocycles. The van der Waals surface area contributed by atoms with Crippen molar-refractivity contribution in [2.45, 2.75) is 45.6 Å². The highest BCUT2D eigenvalue weighted by Crippen LogP contribution is 2.02. The molecule has 0 amide bonds. The highest BCUT2D eigenvalue weighted by molar-refractivity contribution is 5.75. The lowest BCUT2D eigenvalue weighted by atomic mass is 10.1. The number of methoxy groups -OCH3 is 1. The molecule has 0 aromatic rings. The zero-order valence-corrected chi connectivity index (χ0v) is 9.75. The Bertz CT molecular complexity index is 201. The lowest BCUT2D eigenvalue weighted by molar-refractivity contribution is -0.147. The molecule has 88 valence electrons. The van der Waals surface area contributed by atoms with Crippen molar-refractivity contribution in [2.24, 2.45) is 0 Å².